The quantitative estimate of drug-likeness (QED) is 0.0612. The third-order valence-electron chi connectivity index (χ3n) is 12.0. The molecule has 0 unspecified atom stereocenters. The van der Waals surface area contributed by atoms with E-state index >= 15 is 0 Å². The number of aliphatic hydroxyl groups excluding tert-OH is 3. The number of aliphatic hydroxyl groups is 3. The van der Waals surface area contributed by atoms with Crippen LogP contribution in [-0.2, 0) is 59.1 Å². The summed E-state index contributed by atoms with van der Waals surface area (Å²) in [5.74, 6) is -9.57. The number of hydrogen-bond acceptors (Lipinski definition) is 17. The number of carbonyl (C=O) groups is 10. The minimum atomic E-state index is -1.81. The molecule has 74 heavy (non-hydrogen) atoms. The number of carbonyl (C=O) groups excluding carboxylic acids is 10. The summed E-state index contributed by atoms with van der Waals surface area (Å²) in [6, 6.07) is -5.21. The van der Waals surface area contributed by atoms with Gasteiger partial charge < -0.3 is 90.4 Å². The van der Waals surface area contributed by atoms with Crippen molar-refractivity contribution >= 4 is 59.1 Å². The van der Waals surface area contributed by atoms with Gasteiger partial charge >= 0.3 is 0 Å². The van der Waals surface area contributed by atoms with Crippen LogP contribution in [0.3, 0.4) is 0 Å². The van der Waals surface area contributed by atoms with E-state index in [1.807, 2.05) is 0 Å². The van der Waals surface area contributed by atoms with Gasteiger partial charge in [-0.15, -0.1) is 0 Å². The lowest BCUT2D eigenvalue weighted by atomic mass is 10.00. The second-order valence-electron chi connectivity index (χ2n) is 18.7. The van der Waals surface area contributed by atoms with Crippen molar-refractivity contribution in [1.82, 2.24) is 53.2 Å². The number of benzene rings is 1. The lowest BCUT2D eigenvalue weighted by molar-refractivity contribution is -0.138. The zero-order valence-electron chi connectivity index (χ0n) is 42.4. The van der Waals surface area contributed by atoms with Gasteiger partial charge in [-0.1, -0.05) is 44.2 Å². The standard InChI is InChI=1S/C47H77N13O14/c1-24(2)21-32-42(68)54-28(12-16-48)38(64)53-30(14-18-50)41(67)59-36(25(3)62)46(72)51-19-15-31(55-44(70)34(23-61)58-47(73)37(26(4)63)60-45(71)35-11-8-20-74-35)40(66)52-29(13-17-49)39(65)57-33(43(69)56-32)22-27-9-6-5-7-10-27/h5-7,9-10,24-26,28-37,61-63H,8,11-23,48-50H2,1-4H3,(H,51,72)(H,52,66)(H,53,64)(H,54,68)(H,55,70)(H,56,69)(H,57,65)(H,58,73)(H,59,67)(H,60,71)/t25-,26-,28+,29+,30+,31+,32+,33-,34-,35+,36+,37+/m1/s1. The highest BCUT2D eigenvalue weighted by Crippen LogP contribution is 2.14. The van der Waals surface area contributed by atoms with E-state index in [0.717, 1.165) is 0 Å². The summed E-state index contributed by atoms with van der Waals surface area (Å²) >= 11 is 0. The molecular weight excluding hydrogens is 971 g/mol. The smallest absolute Gasteiger partial charge is 0.249 e. The van der Waals surface area contributed by atoms with Crippen LogP contribution in [0.25, 0.3) is 0 Å². The summed E-state index contributed by atoms with van der Waals surface area (Å²) in [4.78, 5) is 138. The highest BCUT2D eigenvalue weighted by atomic mass is 16.5. The predicted molar refractivity (Wildman–Crippen MR) is 265 cm³/mol. The molecule has 3 rings (SSSR count). The molecule has 0 saturated carbocycles. The highest BCUT2D eigenvalue weighted by Gasteiger charge is 2.37. The lowest BCUT2D eigenvalue weighted by Gasteiger charge is -2.28. The van der Waals surface area contributed by atoms with Crippen LogP contribution in [-0.4, -0.2) is 186 Å². The first kappa shape index (κ1) is 61.9. The average molecular weight is 1050 g/mol. The molecule has 0 aliphatic carbocycles. The van der Waals surface area contributed by atoms with Gasteiger partial charge in [-0.25, -0.2) is 0 Å². The van der Waals surface area contributed by atoms with Crippen molar-refractivity contribution in [3.05, 3.63) is 35.9 Å². The van der Waals surface area contributed by atoms with Gasteiger partial charge in [-0.3, -0.25) is 47.9 Å². The van der Waals surface area contributed by atoms with E-state index in [2.05, 4.69) is 53.2 Å². The molecule has 2 aliphatic rings. The number of rotatable bonds is 19. The molecule has 0 bridgehead atoms. The molecule has 0 spiro atoms. The molecule has 1 aromatic rings. The van der Waals surface area contributed by atoms with Crippen molar-refractivity contribution in [2.24, 2.45) is 23.1 Å². The second-order valence-corrected chi connectivity index (χ2v) is 18.7. The van der Waals surface area contributed by atoms with E-state index in [1.54, 1.807) is 44.2 Å². The first-order chi connectivity index (χ1) is 35.1. The van der Waals surface area contributed by atoms with Crippen molar-refractivity contribution in [1.29, 1.82) is 0 Å². The Balaban J connectivity index is 2.09. The van der Waals surface area contributed by atoms with Crippen LogP contribution in [0.2, 0.25) is 0 Å². The molecule has 27 heteroatoms. The fraction of sp³-hybridized carbons (Fsp3) is 0.660. The minimum Gasteiger partial charge on any atom is -0.394 e. The monoisotopic (exact) mass is 1050 g/mol. The maximum absolute atomic E-state index is 14.3. The van der Waals surface area contributed by atoms with Crippen LogP contribution in [0.5, 0.6) is 0 Å². The molecule has 12 atom stereocenters. The van der Waals surface area contributed by atoms with Gasteiger partial charge in [-0.2, -0.15) is 0 Å². The Bertz CT molecular complexity index is 2060. The molecule has 414 valence electrons. The molecule has 0 aromatic heterocycles. The predicted octanol–water partition coefficient (Wildman–Crippen LogP) is -6.86. The van der Waals surface area contributed by atoms with Gasteiger partial charge in [0.1, 0.15) is 60.5 Å². The fourth-order valence-corrected chi connectivity index (χ4v) is 7.97. The molecule has 19 N–H and O–H groups in total. The summed E-state index contributed by atoms with van der Waals surface area (Å²) in [6.07, 6.45) is -4.05. The van der Waals surface area contributed by atoms with Gasteiger partial charge in [0.25, 0.3) is 0 Å². The summed E-state index contributed by atoms with van der Waals surface area (Å²) in [5, 5.41) is 56.2. The molecule has 2 saturated heterocycles. The van der Waals surface area contributed by atoms with Crippen LogP contribution >= 0.6 is 0 Å². The molecule has 2 heterocycles. The number of ether oxygens (including phenoxy) is 1. The summed E-state index contributed by atoms with van der Waals surface area (Å²) in [5.41, 5.74) is 18.1. The maximum atomic E-state index is 14.3. The molecule has 2 fully saturated rings. The molecule has 0 radical (unpaired) electrons. The Kier molecular flexibility index (Phi) is 26.3. The Labute approximate surface area is 429 Å². The van der Waals surface area contributed by atoms with E-state index in [0.29, 0.717) is 25.0 Å². The average Bonchev–Trinajstić information content (AvgIpc) is 3.90. The van der Waals surface area contributed by atoms with E-state index in [4.69, 9.17) is 21.9 Å². The first-order valence-electron chi connectivity index (χ1n) is 24.9. The Morgan fingerprint density at radius 1 is 0.662 bits per heavy atom. The van der Waals surface area contributed by atoms with E-state index in [-0.39, 0.29) is 57.7 Å². The zero-order chi connectivity index (χ0) is 55.1. The van der Waals surface area contributed by atoms with Crippen molar-refractivity contribution < 1.29 is 68.0 Å². The van der Waals surface area contributed by atoms with Crippen molar-refractivity contribution in [3.8, 4) is 0 Å². The number of hydrogen-bond donors (Lipinski definition) is 16. The number of nitrogens with two attached hydrogens (primary N) is 3. The number of nitrogens with one attached hydrogen (secondary N) is 10. The van der Waals surface area contributed by atoms with Gasteiger partial charge in [0.15, 0.2) is 0 Å². The third kappa shape index (κ3) is 19.8. The normalized spacial score (nSPS) is 25.8. The van der Waals surface area contributed by atoms with Gasteiger partial charge in [-0.05, 0) is 89.9 Å². The van der Waals surface area contributed by atoms with Gasteiger partial charge in [0.05, 0.1) is 18.8 Å². The maximum Gasteiger partial charge on any atom is 0.249 e. The second kappa shape index (κ2) is 31.4. The van der Waals surface area contributed by atoms with E-state index in [9.17, 15) is 63.3 Å². The molecule has 1 aromatic carbocycles. The van der Waals surface area contributed by atoms with Crippen LogP contribution in [0.15, 0.2) is 30.3 Å². The van der Waals surface area contributed by atoms with Crippen molar-refractivity contribution in [2.45, 2.75) is 152 Å². The number of amides is 10. The fourth-order valence-electron chi connectivity index (χ4n) is 7.97. The van der Waals surface area contributed by atoms with Crippen molar-refractivity contribution in [2.75, 3.05) is 39.4 Å². The van der Waals surface area contributed by atoms with Crippen LogP contribution in [0.1, 0.15) is 78.2 Å². The topological polar surface area (TPSA) is 439 Å². The van der Waals surface area contributed by atoms with Crippen LogP contribution in [0, 0.1) is 5.92 Å². The van der Waals surface area contributed by atoms with Crippen LogP contribution in [0.4, 0.5) is 0 Å². The zero-order valence-corrected chi connectivity index (χ0v) is 42.4. The van der Waals surface area contributed by atoms with Gasteiger partial charge in [0.2, 0.25) is 59.1 Å². The Morgan fingerprint density at radius 3 is 1.68 bits per heavy atom. The SMILES string of the molecule is CC(C)C[C@@H]1NC(=O)[C@@H](Cc2ccccc2)NC(=O)[C@H](CCN)NC(=O)[C@@H](NC(=O)[C@@H](CO)NC(=O)[C@@H](NC(=O)[C@@H]2CCCO2)[C@@H](C)O)CCNC(=O)[C@H]([C@@H](C)O)NC(=O)[C@H](CCN)NC(=O)[C@H](CCN)NC1=O. The minimum absolute atomic E-state index is 0.0505. The molecule has 27 nitrogen and oxygen atoms in total. The van der Waals surface area contributed by atoms with Gasteiger partial charge in [0, 0.05) is 19.6 Å². The highest BCUT2D eigenvalue weighted by molar-refractivity contribution is 5.99. The largest absolute Gasteiger partial charge is 0.394 e. The summed E-state index contributed by atoms with van der Waals surface area (Å²) in [7, 11) is 0. The molecule has 10 amide bonds. The Hall–Kier alpha value is -6.36. The lowest BCUT2D eigenvalue weighted by Crippen LogP contribution is -2.62. The van der Waals surface area contributed by atoms with E-state index < -0.39 is 151 Å². The summed E-state index contributed by atoms with van der Waals surface area (Å²) < 4.78 is 5.35. The van der Waals surface area contributed by atoms with Crippen molar-refractivity contribution in [3.63, 3.8) is 0 Å². The third-order valence-corrected chi connectivity index (χ3v) is 12.0. The molecular formula is C47H77N13O14. The first-order valence-corrected chi connectivity index (χ1v) is 24.9. The van der Waals surface area contributed by atoms with Crippen LogP contribution < -0.4 is 70.4 Å². The van der Waals surface area contributed by atoms with E-state index in [1.165, 1.54) is 13.8 Å². The summed E-state index contributed by atoms with van der Waals surface area (Å²) in [6.45, 7) is 4.30. The Morgan fingerprint density at radius 2 is 1.18 bits per heavy atom. The molecule has 2 aliphatic heterocycles.